The molecule has 0 heterocycles. The maximum Gasteiger partial charge on any atom is 0.266 e. The predicted octanol–water partition coefficient (Wildman–Crippen LogP) is 4.81. The Morgan fingerprint density at radius 2 is 2.04 bits per heavy atom. The summed E-state index contributed by atoms with van der Waals surface area (Å²) in [5.41, 5.74) is 0.806. The molecule has 0 saturated carbocycles. The molecule has 0 aliphatic carbocycles. The van der Waals surface area contributed by atoms with Crippen molar-refractivity contribution < 1.29 is 13.9 Å². The van der Waals surface area contributed by atoms with Crippen molar-refractivity contribution in [3.63, 3.8) is 0 Å². The first-order valence-corrected chi connectivity index (χ1v) is 8.02. The van der Waals surface area contributed by atoms with E-state index in [2.05, 4.69) is 5.32 Å². The van der Waals surface area contributed by atoms with Crippen LogP contribution >= 0.6 is 11.6 Å². The quantitative estimate of drug-likeness (QED) is 0.595. The van der Waals surface area contributed by atoms with Gasteiger partial charge in [0, 0.05) is 16.3 Å². The van der Waals surface area contributed by atoms with Crippen molar-refractivity contribution in [2.75, 3.05) is 11.9 Å². The van der Waals surface area contributed by atoms with Gasteiger partial charge in [-0.1, -0.05) is 18.5 Å². The molecule has 2 rings (SSSR count). The number of benzene rings is 2. The Morgan fingerprint density at radius 3 is 2.68 bits per heavy atom. The van der Waals surface area contributed by atoms with Crippen LogP contribution in [0.15, 0.2) is 48.0 Å². The van der Waals surface area contributed by atoms with Gasteiger partial charge < -0.3 is 10.1 Å². The van der Waals surface area contributed by atoms with Crippen molar-refractivity contribution in [3.8, 4) is 11.8 Å². The molecule has 2 aromatic carbocycles. The molecule has 0 spiro atoms. The van der Waals surface area contributed by atoms with Gasteiger partial charge in [-0.15, -0.1) is 0 Å². The summed E-state index contributed by atoms with van der Waals surface area (Å²) >= 11 is 6.00. The Morgan fingerprint density at radius 1 is 1.32 bits per heavy atom. The maximum absolute atomic E-state index is 12.9. The molecule has 0 aliphatic heterocycles. The summed E-state index contributed by atoms with van der Waals surface area (Å²) in [5.74, 6) is -0.477. The number of rotatable bonds is 6. The highest BCUT2D eigenvalue weighted by atomic mass is 35.5. The molecule has 0 bridgehead atoms. The fourth-order valence-electron chi connectivity index (χ4n) is 2.01. The number of amides is 1. The normalized spacial score (nSPS) is 10.9. The van der Waals surface area contributed by atoms with Crippen molar-refractivity contribution in [1.29, 1.82) is 5.26 Å². The average Bonchev–Trinajstić information content (AvgIpc) is 2.60. The lowest BCUT2D eigenvalue weighted by Crippen LogP contribution is -2.13. The Kier molecular flexibility index (Phi) is 6.55. The Labute approximate surface area is 150 Å². The number of nitrogens with zero attached hydrogens (tertiary/aromatic N) is 1. The van der Waals surface area contributed by atoms with Crippen LogP contribution in [0.25, 0.3) is 6.08 Å². The Hall–Kier alpha value is -2.84. The lowest BCUT2D eigenvalue weighted by Gasteiger charge is -2.09. The number of carbonyl (C=O) groups is 1. The minimum absolute atomic E-state index is 0.118. The zero-order valence-electron chi connectivity index (χ0n) is 13.6. The molecular weight excluding hydrogens is 343 g/mol. The fourth-order valence-corrected chi connectivity index (χ4v) is 2.19. The summed E-state index contributed by atoms with van der Waals surface area (Å²) < 4.78 is 18.5. The number of halogens is 2. The van der Waals surface area contributed by atoms with E-state index < -0.39 is 11.7 Å². The SMILES string of the molecule is CCCOc1ccc(Cl)cc1/C=C(\C#N)C(=O)Nc1ccc(F)cc1. The van der Waals surface area contributed by atoms with E-state index in [9.17, 15) is 14.4 Å². The molecule has 0 fully saturated rings. The number of carbonyl (C=O) groups excluding carboxylic acids is 1. The summed E-state index contributed by atoms with van der Waals surface area (Å²) in [6, 6.07) is 12.1. The molecule has 2 aromatic rings. The maximum atomic E-state index is 12.9. The third-order valence-corrected chi connectivity index (χ3v) is 3.44. The smallest absolute Gasteiger partial charge is 0.266 e. The molecule has 0 aliphatic rings. The highest BCUT2D eigenvalue weighted by Crippen LogP contribution is 2.26. The van der Waals surface area contributed by atoms with E-state index in [0.29, 0.717) is 28.6 Å². The molecule has 6 heteroatoms. The zero-order chi connectivity index (χ0) is 18.2. The zero-order valence-corrected chi connectivity index (χ0v) is 14.3. The standard InChI is InChI=1S/C19H16ClFN2O2/c1-2-9-25-18-8-3-15(20)11-13(18)10-14(12-22)19(24)23-17-6-4-16(21)5-7-17/h3-8,10-11H,2,9H2,1H3,(H,23,24)/b14-10+. The molecular formula is C19H16ClFN2O2. The second-order valence-corrected chi connectivity index (χ2v) is 5.60. The second kappa shape index (κ2) is 8.86. The summed E-state index contributed by atoms with van der Waals surface area (Å²) in [6.45, 7) is 2.48. The number of anilines is 1. The van der Waals surface area contributed by atoms with Crippen LogP contribution in [0.2, 0.25) is 5.02 Å². The molecule has 0 aromatic heterocycles. The Bertz CT molecular complexity index is 826. The third-order valence-electron chi connectivity index (χ3n) is 3.20. The van der Waals surface area contributed by atoms with E-state index in [1.54, 1.807) is 18.2 Å². The summed E-state index contributed by atoms with van der Waals surface area (Å²) in [6.07, 6.45) is 2.23. The van der Waals surface area contributed by atoms with Crippen LogP contribution in [-0.4, -0.2) is 12.5 Å². The van der Waals surface area contributed by atoms with Crippen LogP contribution in [0.5, 0.6) is 5.75 Å². The van der Waals surface area contributed by atoms with Gasteiger partial charge >= 0.3 is 0 Å². The van der Waals surface area contributed by atoms with Crippen molar-refractivity contribution in [2.24, 2.45) is 0 Å². The summed E-state index contributed by atoms with van der Waals surface area (Å²) in [7, 11) is 0. The van der Waals surface area contributed by atoms with E-state index in [1.807, 2.05) is 13.0 Å². The monoisotopic (exact) mass is 358 g/mol. The average molecular weight is 359 g/mol. The molecule has 1 amide bonds. The Balaban J connectivity index is 2.27. The molecule has 0 unspecified atom stereocenters. The van der Waals surface area contributed by atoms with Gasteiger partial charge in [0.05, 0.1) is 6.61 Å². The number of nitriles is 1. The topological polar surface area (TPSA) is 62.1 Å². The van der Waals surface area contributed by atoms with Crippen molar-refractivity contribution in [3.05, 3.63) is 64.4 Å². The first-order chi connectivity index (χ1) is 12.0. The van der Waals surface area contributed by atoms with E-state index in [4.69, 9.17) is 16.3 Å². The van der Waals surface area contributed by atoms with Crippen LogP contribution in [-0.2, 0) is 4.79 Å². The lowest BCUT2D eigenvalue weighted by molar-refractivity contribution is -0.112. The number of ether oxygens (including phenoxy) is 1. The first-order valence-electron chi connectivity index (χ1n) is 7.64. The fraction of sp³-hybridized carbons (Fsp3) is 0.158. The number of nitrogens with one attached hydrogen (secondary N) is 1. The van der Waals surface area contributed by atoms with Gasteiger partial charge in [-0.3, -0.25) is 4.79 Å². The largest absolute Gasteiger partial charge is 0.493 e. The van der Waals surface area contributed by atoms with Crippen LogP contribution in [0.4, 0.5) is 10.1 Å². The minimum atomic E-state index is -0.601. The molecule has 0 radical (unpaired) electrons. The van der Waals surface area contributed by atoms with Gasteiger partial charge in [-0.25, -0.2) is 4.39 Å². The van der Waals surface area contributed by atoms with Crippen molar-refractivity contribution >= 4 is 29.3 Å². The van der Waals surface area contributed by atoms with Gasteiger partial charge in [0.25, 0.3) is 5.91 Å². The number of hydrogen-bond donors (Lipinski definition) is 1. The highest BCUT2D eigenvalue weighted by Gasteiger charge is 2.12. The molecule has 0 saturated heterocycles. The first kappa shape index (κ1) is 18.5. The van der Waals surface area contributed by atoms with E-state index >= 15 is 0 Å². The summed E-state index contributed by atoms with van der Waals surface area (Å²) in [4.78, 5) is 12.3. The molecule has 1 N–H and O–H groups in total. The van der Waals surface area contributed by atoms with E-state index in [-0.39, 0.29) is 5.57 Å². The summed E-state index contributed by atoms with van der Waals surface area (Å²) in [5, 5.41) is 12.3. The second-order valence-electron chi connectivity index (χ2n) is 5.16. The third kappa shape index (κ3) is 5.33. The predicted molar refractivity (Wildman–Crippen MR) is 95.9 cm³/mol. The van der Waals surface area contributed by atoms with Crippen LogP contribution in [0.1, 0.15) is 18.9 Å². The van der Waals surface area contributed by atoms with Gasteiger partial charge in [0.15, 0.2) is 0 Å². The van der Waals surface area contributed by atoms with Crippen LogP contribution in [0.3, 0.4) is 0 Å². The van der Waals surface area contributed by atoms with Crippen molar-refractivity contribution in [1.82, 2.24) is 0 Å². The van der Waals surface area contributed by atoms with E-state index in [1.165, 1.54) is 30.3 Å². The molecule has 25 heavy (non-hydrogen) atoms. The van der Waals surface area contributed by atoms with Gasteiger partial charge in [0.2, 0.25) is 0 Å². The van der Waals surface area contributed by atoms with Crippen molar-refractivity contribution in [2.45, 2.75) is 13.3 Å². The molecule has 0 atom stereocenters. The molecule has 4 nitrogen and oxygen atoms in total. The van der Waals surface area contributed by atoms with Crippen LogP contribution in [0, 0.1) is 17.1 Å². The molecule has 128 valence electrons. The van der Waals surface area contributed by atoms with E-state index in [0.717, 1.165) is 6.42 Å². The lowest BCUT2D eigenvalue weighted by atomic mass is 10.1. The van der Waals surface area contributed by atoms with Gasteiger partial charge in [-0.2, -0.15) is 5.26 Å². The van der Waals surface area contributed by atoms with Gasteiger partial charge in [0.1, 0.15) is 23.2 Å². The minimum Gasteiger partial charge on any atom is -0.493 e. The number of hydrogen-bond acceptors (Lipinski definition) is 3. The van der Waals surface area contributed by atoms with Gasteiger partial charge in [-0.05, 0) is 55.0 Å². The highest BCUT2D eigenvalue weighted by molar-refractivity contribution is 6.30. The van der Waals surface area contributed by atoms with Crippen LogP contribution < -0.4 is 10.1 Å².